The molecule has 2 aromatic heterocycles. The number of nitrogens with one attached hydrogen (secondary N) is 2. The highest BCUT2D eigenvalue weighted by atomic mass is 35.5. The van der Waals surface area contributed by atoms with Crippen LogP contribution in [-0.2, 0) is 24.2 Å². The fraction of sp³-hybridized carbons (Fsp3) is 0.545. The number of hydrogen-bond donors (Lipinski definition) is 2. The molecule has 1 fully saturated rings. The average molecular weight is 430 g/mol. The molecular formula is C22H28ClN5O2. The van der Waals surface area contributed by atoms with E-state index in [1.54, 1.807) is 16.7 Å². The van der Waals surface area contributed by atoms with Crippen LogP contribution in [0.15, 0.2) is 23.0 Å². The molecule has 4 heterocycles. The summed E-state index contributed by atoms with van der Waals surface area (Å²) in [7, 11) is 0. The maximum atomic E-state index is 13.2. The van der Waals surface area contributed by atoms with Crippen LogP contribution in [0.2, 0.25) is 0 Å². The van der Waals surface area contributed by atoms with Gasteiger partial charge in [0.1, 0.15) is 11.9 Å². The molecule has 1 amide bonds. The number of aryl methyl sites for hydroxylation is 2. The molecule has 2 aliphatic heterocycles. The fourth-order valence-electron chi connectivity index (χ4n) is 5.32. The summed E-state index contributed by atoms with van der Waals surface area (Å²) in [4.78, 5) is 35.2. The molecule has 3 atom stereocenters. The molecule has 1 aliphatic carbocycles. The fourth-order valence-corrected chi connectivity index (χ4v) is 5.32. The Morgan fingerprint density at radius 1 is 1.23 bits per heavy atom. The predicted octanol–water partition coefficient (Wildman–Crippen LogP) is 1.81. The van der Waals surface area contributed by atoms with Crippen LogP contribution in [0.25, 0.3) is 0 Å². The van der Waals surface area contributed by atoms with Crippen molar-refractivity contribution < 1.29 is 4.79 Å². The van der Waals surface area contributed by atoms with Gasteiger partial charge in [-0.05, 0) is 50.7 Å². The zero-order valence-corrected chi connectivity index (χ0v) is 18.0. The average Bonchev–Trinajstić information content (AvgIpc) is 2.73. The maximum absolute atomic E-state index is 13.2. The van der Waals surface area contributed by atoms with Gasteiger partial charge in [-0.25, -0.2) is 9.97 Å². The van der Waals surface area contributed by atoms with Gasteiger partial charge in [0, 0.05) is 48.1 Å². The topological polar surface area (TPSA) is 88.9 Å². The van der Waals surface area contributed by atoms with E-state index in [2.05, 4.69) is 15.6 Å². The van der Waals surface area contributed by atoms with E-state index in [1.165, 1.54) is 12.0 Å². The Hall–Kier alpha value is -2.25. The summed E-state index contributed by atoms with van der Waals surface area (Å²) in [5, 5.41) is 6.45. The van der Waals surface area contributed by atoms with Gasteiger partial charge in [0.25, 0.3) is 5.56 Å². The van der Waals surface area contributed by atoms with Crippen molar-refractivity contribution in [3.05, 3.63) is 57.0 Å². The van der Waals surface area contributed by atoms with Crippen LogP contribution in [0.5, 0.6) is 0 Å². The second kappa shape index (κ2) is 8.47. The summed E-state index contributed by atoms with van der Waals surface area (Å²) in [5.74, 6) is 0.948. The van der Waals surface area contributed by atoms with Crippen molar-refractivity contribution in [2.75, 3.05) is 13.1 Å². The lowest BCUT2D eigenvalue weighted by molar-refractivity contribution is -0.127. The Kier molecular flexibility index (Phi) is 5.93. The van der Waals surface area contributed by atoms with Gasteiger partial charge in [-0.1, -0.05) is 6.07 Å². The molecule has 3 aliphatic rings. The molecule has 0 unspecified atom stereocenters. The van der Waals surface area contributed by atoms with Gasteiger partial charge in [0.05, 0.1) is 6.54 Å². The van der Waals surface area contributed by atoms with E-state index in [-0.39, 0.29) is 29.8 Å². The minimum atomic E-state index is -0.485. The zero-order valence-electron chi connectivity index (χ0n) is 17.2. The lowest BCUT2D eigenvalue weighted by Crippen LogP contribution is -2.52. The molecule has 160 valence electrons. The number of carbonyl (C=O) groups excluding carboxylic acids is 1. The van der Waals surface area contributed by atoms with Crippen LogP contribution < -0.4 is 16.2 Å². The number of rotatable bonds is 3. The molecule has 0 aromatic carbocycles. The summed E-state index contributed by atoms with van der Waals surface area (Å²) >= 11 is 0. The summed E-state index contributed by atoms with van der Waals surface area (Å²) in [6.45, 7) is 3.94. The second-order valence-corrected chi connectivity index (χ2v) is 8.53. The van der Waals surface area contributed by atoms with E-state index >= 15 is 0 Å². The lowest BCUT2D eigenvalue weighted by Gasteiger charge is -2.42. The van der Waals surface area contributed by atoms with Crippen LogP contribution >= 0.6 is 12.4 Å². The third kappa shape index (κ3) is 3.65. The first kappa shape index (κ1) is 21.0. The molecular weight excluding hydrogens is 402 g/mol. The first-order chi connectivity index (χ1) is 14.1. The third-order valence-corrected chi connectivity index (χ3v) is 6.67. The Morgan fingerprint density at radius 2 is 2.07 bits per heavy atom. The zero-order chi connectivity index (χ0) is 20.0. The number of halogens is 1. The molecule has 5 rings (SSSR count). The van der Waals surface area contributed by atoms with Crippen molar-refractivity contribution in [3.63, 3.8) is 0 Å². The highest BCUT2D eigenvalue weighted by Gasteiger charge is 2.41. The lowest BCUT2D eigenvalue weighted by atomic mass is 9.79. The maximum Gasteiger partial charge on any atom is 0.251 e. The molecule has 0 radical (unpaired) electrons. The smallest absolute Gasteiger partial charge is 0.251 e. The third-order valence-electron chi connectivity index (χ3n) is 6.67. The van der Waals surface area contributed by atoms with Crippen LogP contribution in [-0.4, -0.2) is 33.5 Å². The number of nitrogens with zero attached hydrogens (tertiary/aromatic N) is 3. The Balaban J connectivity index is 0.00000218. The molecule has 2 aromatic rings. The van der Waals surface area contributed by atoms with Gasteiger partial charge in [-0.3, -0.25) is 14.2 Å². The number of pyridine rings is 1. The number of aromatic nitrogens is 3. The van der Waals surface area contributed by atoms with Crippen LogP contribution in [0.1, 0.15) is 59.7 Å². The first-order valence-corrected chi connectivity index (χ1v) is 10.7. The monoisotopic (exact) mass is 429 g/mol. The Bertz CT molecular complexity index is 1020. The Morgan fingerprint density at radius 3 is 2.93 bits per heavy atom. The van der Waals surface area contributed by atoms with Gasteiger partial charge < -0.3 is 10.6 Å². The first-order valence-electron chi connectivity index (χ1n) is 10.7. The van der Waals surface area contributed by atoms with Gasteiger partial charge in [-0.2, -0.15) is 0 Å². The molecule has 30 heavy (non-hydrogen) atoms. The molecule has 7 nitrogen and oxygen atoms in total. The number of piperidine rings is 1. The van der Waals surface area contributed by atoms with Crippen molar-refractivity contribution in [1.29, 1.82) is 0 Å². The minimum absolute atomic E-state index is 0. The summed E-state index contributed by atoms with van der Waals surface area (Å²) in [6.07, 6.45) is 5.32. The van der Waals surface area contributed by atoms with Gasteiger partial charge in [0.15, 0.2) is 0 Å². The highest BCUT2D eigenvalue weighted by Crippen LogP contribution is 2.38. The highest BCUT2D eigenvalue weighted by molar-refractivity contribution is 5.85. The number of carbonyl (C=O) groups is 1. The quantitative estimate of drug-likeness (QED) is 0.776. The van der Waals surface area contributed by atoms with E-state index in [0.29, 0.717) is 18.3 Å². The number of amides is 1. The molecule has 2 N–H and O–H groups in total. The molecule has 0 saturated carbocycles. The van der Waals surface area contributed by atoms with E-state index < -0.39 is 6.04 Å². The summed E-state index contributed by atoms with van der Waals surface area (Å²) in [5.41, 5.74) is 4.30. The summed E-state index contributed by atoms with van der Waals surface area (Å²) < 4.78 is 1.72. The predicted molar refractivity (Wildman–Crippen MR) is 116 cm³/mol. The second-order valence-electron chi connectivity index (χ2n) is 8.53. The molecule has 8 heteroatoms. The summed E-state index contributed by atoms with van der Waals surface area (Å²) in [6, 6.07) is 4.84. The van der Waals surface area contributed by atoms with Crippen molar-refractivity contribution in [1.82, 2.24) is 25.2 Å². The van der Waals surface area contributed by atoms with Gasteiger partial charge in [-0.15, -0.1) is 12.4 Å². The van der Waals surface area contributed by atoms with Crippen molar-refractivity contribution >= 4 is 18.3 Å². The standard InChI is InChI=1S/C22H27N5O2.ClH/c1-13-16-5-2-3-6-17(16)26-19(25-13)12-24-22(29)21-15-9-14(10-23-11-15)18-7-4-8-20(28)27(18)21;/h4,7-8,14-15,21,23H,2-3,5-6,9-12H2,1H3,(H,24,29);1H/t14-,15+,21-;/m1./s1. The number of fused-ring (bicyclic) bond motifs is 5. The normalized spacial score (nSPS) is 24.2. The number of hydrogen-bond acceptors (Lipinski definition) is 5. The van der Waals surface area contributed by atoms with E-state index in [0.717, 1.165) is 55.9 Å². The van der Waals surface area contributed by atoms with Crippen molar-refractivity contribution in [3.8, 4) is 0 Å². The van der Waals surface area contributed by atoms with Gasteiger partial charge in [0.2, 0.25) is 5.91 Å². The minimum Gasteiger partial charge on any atom is -0.347 e. The van der Waals surface area contributed by atoms with Gasteiger partial charge >= 0.3 is 0 Å². The largest absolute Gasteiger partial charge is 0.347 e. The van der Waals surface area contributed by atoms with Crippen LogP contribution in [0.4, 0.5) is 0 Å². The Labute approximate surface area is 182 Å². The van der Waals surface area contributed by atoms with E-state index in [4.69, 9.17) is 4.98 Å². The molecule has 0 spiro atoms. The van der Waals surface area contributed by atoms with Crippen molar-refractivity contribution in [2.45, 2.75) is 57.5 Å². The SMILES string of the molecule is Cc1nc(CNC(=O)[C@H]2[C@@H]3CNC[C@@H](C3)c3cccc(=O)n32)nc2c1CCCC2.Cl. The van der Waals surface area contributed by atoms with Crippen molar-refractivity contribution in [2.24, 2.45) is 5.92 Å². The van der Waals surface area contributed by atoms with Crippen LogP contribution in [0.3, 0.4) is 0 Å². The van der Waals surface area contributed by atoms with E-state index in [1.807, 2.05) is 13.0 Å². The molecule has 1 saturated heterocycles. The van der Waals surface area contributed by atoms with Crippen LogP contribution in [0, 0.1) is 12.8 Å². The van der Waals surface area contributed by atoms with E-state index in [9.17, 15) is 9.59 Å². The molecule has 2 bridgehead atoms.